The van der Waals surface area contributed by atoms with Gasteiger partial charge in [-0.05, 0) is 36.6 Å². The molecule has 1 aromatic carbocycles. The molecule has 0 spiro atoms. The third-order valence-corrected chi connectivity index (χ3v) is 4.42. The molecule has 112 valence electrons. The van der Waals surface area contributed by atoms with Gasteiger partial charge in [0, 0.05) is 10.5 Å². The van der Waals surface area contributed by atoms with Crippen LogP contribution in [0.5, 0.6) is 11.5 Å². The highest BCUT2D eigenvalue weighted by Crippen LogP contribution is 2.40. The lowest BCUT2D eigenvalue weighted by Crippen LogP contribution is -2.27. The van der Waals surface area contributed by atoms with E-state index in [4.69, 9.17) is 9.47 Å². The second-order valence-corrected chi connectivity index (χ2v) is 6.17. The minimum atomic E-state index is 0.338. The van der Waals surface area contributed by atoms with Crippen LogP contribution in [0.15, 0.2) is 16.6 Å². The maximum atomic E-state index is 5.71. The predicted molar refractivity (Wildman–Crippen MR) is 85.6 cm³/mol. The highest BCUT2D eigenvalue weighted by molar-refractivity contribution is 9.10. The van der Waals surface area contributed by atoms with Crippen molar-refractivity contribution in [3.63, 3.8) is 0 Å². The predicted octanol–water partition coefficient (Wildman–Crippen LogP) is 4.31. The summed E-state index contributed by atoms with van der Waals surface area (Å²) in [5, 5.41) is 3.60. The van der Waals surface area contributed by atoms with Crippen LogP contribution in [0.1, 0.15) is 45.2 Å². The van der Waals surface area contributed by atoms with Crippen LogP contribution in [-0.4, -0.2) is 19.8 Å². The van der Waals surface area contributed by atoms with E-state index < -0.39 is 0 Å². The number of hydrogen-bond donors (Lipinski definition) is 1. The number of nitrogens with one attached hydrogen (secondary N) is 1. The van der Waals surface area contributed by atoms with E-state index in [-0.39, 0.29) is 0 Å². The van der Waals surface area contributed by atoms with E-state index in [0.717, 1.165) is 22.5 Å². The number of hydrogen-bond acceptors (Lipinski definition) is 3. The van der Waals surface area contributed by atoms with Gasteiger partial charge in [0.2, 0.25) is 0 Å². The topological polar surface area (TPSA) is 30.5 Å². The van der Waals surface area contributed by atoms with Crippen LogP contribution in [0, 0.1) is 5.92 Å². The second-order valence-electron chi connectivity index (χ2n) is 5.32. The zero-order chi connectivity index (χ0) is 14.5. The molecule has 2 unspecified atom stereocenters. The Bertz CT molecular complexity index is 450. The van der Waals surface area contributed by atoms with Gasteiger partial charge in [0.1, 0.15) is 13.2 Å². The van der Waals surface area contributed by atoms with Crippen LogP contribution in [0.3, 0.4) is 0 Å². The summed E-state index contributed by atoms with van der Waals surface area (Å²) in [6.07, 6.45) is 2.41. The highest BCUT2D eigenvalue weighted by Gasteiger charge is 2.23. The van der Waals surface area contributed by atoms with Gasteiger partial charge in [0.25, 0.3) is 0 Å². The Morgan fingerprint density at radius 3 is 2.45 bits per heavy atom. The van der Waals surface area contributed by atoms with Crippen LogP contribution in [0.25, 0.3) is 0 Å². The summed E-state index contributed by atoms with van der Waals surface area (Å²) in [6, 6.07) is 4.50. The van der Waals surface area contributed by atoms with Crippen LogP contribution < -0.4 is 14.8 Å². The Kier molecular flexibility index (Phi) is 5.73. The minimum Gasteiger partial charge on any atom is -0.486 e. The molecule has 0 saturated heterocycles. The SMILES string of the molecule is CCCC(C)C(NCC)c1cc2c(cc1Br)OCCO2. The molecule has 0 radical (unpaired) electrons. The molecule has 1 aliphatic heterocycles. The maximum Gasteiger partial charge on any atom is 0.162 e. The van der Waals surface area contributed by atoms with E-state index >= 15 is 0 Å². The first-order valence-electron chi connectivity index (χ1n) is 7.49. The average molecular weight is 342 g/mol. The van der Waals surface area contributed by atoms with E-state index in [1.165, 1.54) is 18.4 Å². The quantitative estimate of drug-likeness (QED) is 0.836. The zero-order valence-electron chi connectivity index (χ0n) is 12.5. The number of ether oxygens (including phenoxy) is 2. The van der Waals surface area contributed by atoms with Crippen LogP contribution in [0.2, 0.25) is 0 Å². The van der Waals surface area contributed by atoms with Crippen molar-refractivity contribution in [2.75, 3.05) is 19.8 Å². The third-order valence-electron chi connectivity index (χ3n) is 3.73. The van der Waals surface area contributed by atoms with E-state index in [1.54, 1.807) is 0 Å². The van der Waals surface area contributed by atoms with Crippen molar-refractivity contribution in [3.05, 3.63) is 22.2 Å². The number of benzene rings is 1. The molecular weight excluding hydrogens is 318 g/mol. The van der Waals surface area contributed by atoms with Gasteiger partial charge in [-0.2, -0.15) is 0 Å². The van der Waals surface area contributed by atoms with Gasteiger partial charge in [-0.25, -0.2) is 0 Å². The molecule has 0 aromatic heterocycles. The van der Waals surface area contributed by atoms with Crippen molar-refractivity contribution in [2.24, 2.45) is 5.92 Å². The van der Waals surface area contributed by atoms with Crippen molar-refractivity contribution in [1.82, 2.24) is 5.32 Å². The van der Waals surface area contributed by atoms with Crippen LogP contribution in [0.4, 0.5) is 0 Å². The van der Waals surface area contributed by atoms with Gasteiger partial charge in [0.05, 0.1) is 0 Å². The summed E-state index contributed by atoms with van der Waals surface area (Å²) in [4.78, 5) is 0. The lowest BCUT2D eigenvalue weighted by Gasteiger charge is -2.28. The second kappa shape index (κ2) is 7.32. The molecule has 3 nitrogen and oxygen atoms in total. The first kappa shape index (κ1) is 15.6. The molecule has 1 N–H and O–H groups in total. The molecule has 20 heavy (non-hydrogen) atoms. The summed E-state index contributed by atoms with van der Waals surface area (Å²) in [5.74, 6) is 2.28. The Morgan fingerprint density at radius 1 is 1.20 bits per heavy atom. The molecular formula is C16H24BrNO2. The summed E-state index contributed by atoms with van der Waals surface area (Å²) < 4.78 is 12.4. The van der Waals surface area contributed by atoms with Gasteiger partial charge in [-0.15, -0.1) is 0 Å². The fourth-order valence-electron chi connectivity index (χ4n) is 2.78. The van der Waals surface area contributed by atoms with Crippen molar-refractivity contribution >= 4 is 15.9 Å². The Labute approximate surface area is 130 Å². The zero-order valence-corrected chi connectivity index (χ0v) is 14.1. The van der Waals surface area contributed by atoms with E-state index in [1.807, 2.05) is 6.07 Å². The highest BCUT2D eigenvalue weighted by atomic mass is 79.9. The van der Waals surface area contributed by atoms with E-state index in [2.05, 4.69) is 48.1 Å². The fraction of sp³-hybridized carbons (Fsp3) is 0.625. The first-order valence-corrected chi connectivity index (χ1v) is 8.29. The third kappa shape index (κ3) is 3.47. The number of fused-ring (bicyclic) bond motifs is 1. The Balaban J connectivity index is 2.32. The Hall–Kier alpha value is -0.740. The molecule has 0 saturated carbocycles. The van der Waals surface area contributed by atoms with E-state index in [9.17, 15) is 0 Å². The minimum absolute atomic E-state index is 0.338. The molecule has 0 fully saturated rings. The smallest absolute Gasteiger partial charge is 0.162 e. The van der Waals surface area contributed by atoms with Gasteiger partial charge in [-0.1, -0.05) is 43.1 Å². The van der Waals surface area contributed by atoms with Crippen molar-refractivity contribution in [2.45, 2.75) is 39.7 Å². The van der Waals surface area contributed by atoms with Gasteiger partial charge in [-0.3, -0.25) is 0 Å². The summed E-state index contributed by atoms with van der Waals surface area (Å²) >= 11 is 3.69. The van der Waals surface area contributed by atoms with Crippen molar-refractivity contribution in [3.8, 4) is 11.5 Å². The average Bonchev–Trinajstić information content (AvgIpc) is 2.44. The Morgan fingerprint density at radius 2 is 1.85 bits per heavy atom. The van der Waals surface area contributed by atoms with Gasteiger partial charge < -0.3 is 14.8 Å². The summed E-state index contributed by atoms with van der Waals surface area (Å²) in [6.45, 7) is 8.90. The van der Waals surface area contributed by atoms with Crippen molar-refractivity contribution in [1.29, 1.82) is 0 Å². The normalized spacial score (nSPS) is 16.8. The lowest BCUT2D eigenvalue weighted by atomic mass is 9.90. The molecule has 2 atom stereocenters. The molecule has 1 aromatic rings. The van der Waals surface area contributed by atoms with Crippen molar-refractivity contribution < 1.29 is 9.47 Å². The molecule has 2 rings (SSSR count). The summed E-state index contributed by atoms with van der Waals surface area (Å²) in [5.41, 5.74) is 1.26. The fourth-order valence-corrected chi connectivity index (χ4v) is 3.35. The molecule has 0 aliphatic carbocycles. The van der Waals surface area contributed by atoms with Gasteiger partial charge in [0.15, 0.2) is 11.5 Å². The largest absolute Gasteiger partial charge is 0.486 e. The summed E-state index contributed by atoms with van der Waals surface area (Å²) in [7, 11) is 0. The standard InChI is InChI=1S/C16H24BrNO2/c1-4-6-11(3)16(18-5-2)12-9-14-15(10-13(12)17)20-8-7-19-14/h9-11,16,18H,4-8H2,1-3H3. The lowest BCUT2D eigenvalue weighted by molar-refractivity contribution is 0.171. The number of rotatable bonds is 6. The van der Waals surface area contributed by atoms with Crippen LogP contribution >= 0.6 is 15.9 Å². The number of halogens is 1. The molecule has 1 aliphatic rings. The van der Waals surface area contributed by atoms with Crippen LogP contribution in [-0.2, 0) is 0 Å². The first-order chi connectivity index (χ1) is 9.67. The molecule has 0 amide bonds. The maximum absolute atomic E-state index is 5.71. The van der Waals surface area contributed by atoms with Gasteiger partial charge >= 0.3 is 0 Å². The molecule has 1 heterocycles. The molecule has 4 heteroatoms. The molecule has 0 bridgehead atoms. The van der Waals surface area contributed by atoms with E-state index in [0.29, 0.717) is 25.2 Å². The monoisotopic (exact) mass is 341 g/mol.